The van der Waals surface area contributed by atoms with E-state index in [-0.39, 0.29) is 23.6 Å². The zero-order valence-corrected chi connectivity index (χ0v) is 15.5. The number of carboxylic acid groups (broad SMARTS) is 1. The van der Waals surface area contributed by atoms with Crippen molar-refractivity contribution >= 4 is 23.6 Å². The number of thioether (sulfide) groups is 1. The zero-order chi connectivity index (χ0) is 18.5. The van der Waals surface area contributed by atoms with Gasteiger partial charge in [0.1, 0.15) is 7.05 Å². The SMILES string of the molecule is Cc1c[n+](C)ccc1CSC1=C(C(=O)[O-])N2C(=O)[C@H](C(C)O)[C@@H]2[C@H]1C. The summed E-state index contributed by atoms with van der Waals surface area (Å²) in [5.74, 6) is -1.71. The van der Waals surface area contributed by atoms with Crippen LogP contribution < -0.4 is 9.67 Å². The molecule has 1 aromatic heterocycles. The molecule has 1 unspecified atom stereocenters. The van der Waals surface area contributed by atoms with Crippen molar-refractivity contribution in [2.24, 2.45) is 18.9 Å². The maximum absolute atomic E-state index is 12.3. The fourth-order valence-electron chi connectivity index (χ4n) is 3.79. The van der Waals surface area contributed by atoms with E-state index in [9.17, 15) is 19.8 Å². The van der Waals surface area contributed by atoms with E-state index in [1.165, 1.54) is 16.7 Å². The number of carbonyl (C=O) groups is 2. The van der Waals surface area contributed by atoms with Gasteiger partial charge in [0, 0.05) is 28.2 Å². The summed E-state index contributed by atoms with van der Waals surface area (Å²) in [5.41, 5.74) is 2.22. The summed E-state index contributed by atoms with van der Waals surface area (Å²) >= 11 is 1.44. The van der Waals surface area contributed by atoms with Gasteiger partial charge < -0.3 is 19.9 Å². The van der Waals surface area contributed by atoms with Gasteiger partial charge in [-0.1, -0.05) is 6.92 Å². The van der Waals surface area contributed by atoms with E-state index in [2.05, 4.69) is 0 Å². The largest absolute Gasteiger partial charge is 0.543 e. The van der Waals surface area contributed by atoms with Gasteiger partial charge >= 0.3 is 0 Å². The fourth-order valence-corrected chi connectivity index (χ4v) is 5.15. The second-order valence-corrected chi connectivity index (χ2v) is 7.88. The lowest BCUT2D eigenvalue weighted by molar-refractivity contribution is -0.671. The van der Waals surface area contributed by atoms with Gasteiger partial charge in [0.15, 0.2) is 12.4 Å². The van der Waals surface area contributed by atoms with Crippen molar-refractivity contribution in [1.29, 1.82) is 0 Å². The molecule has 6 nitrogen and oxygen atoms in total. The molecule has 0 radical (unpaired) electrons. The Labute approximate surface area is 151 Å². The summed E-state index contributed by atoms with van der Waals surface area (Å²) in [6, 6.07) is 1.72. The number of hydrogen-bond acceptors (Lipinski definition) is 5. The number of aryl methyl sites for hydroxylation is 2. The van der Waals surface area contributed by atoms with Crippen LogP contribution in [-0.2, 0) is 22.4 Å². The van der Waals surface area contributed by atoms with Gasteiger partial charge in [0.2, 0.25) is 5.91 Å². The maximum atomic E-state index is 12.3. The molecule has 0 aliphatic carbocycles. The Kier molecular flexibility index (Phi) is 4.64. The average molecular weight is 362 g/mol. The Morgan fingerprint density at radius 2 is 2.20 bits per heavy atom. The maximum Gasteiger partial charge on any atom is 0.235 e. The van der Waals surface area contributed by atoms with Crippen molar-refractivity contribution < 1.29 is 24.4 Å². The minimum atomic E-state index is -1.33. The summed E-state index contributed by atoms with van der Waals surface area (Å²) in [5, 5.41) is 21.5. The van der Waals surface area contributed by atoms with Crippen LogP contribution >= 0.6 is 11.8 Å². The van der Waals surface area contributed by atoms with Crippen molar-refractivity contribution in [2.45, 2.75) is 38.7 Å². The Morgan fingerprint density at radius 3 is 2.76 bits per heavy atom. The number of pyridine rings is 1. The Hall–Kier alpha value is -1.86. The third-order valence-electron chi connectivity index (χ3n) is 5.10. The minimum Gasteiger partial charge on any atom is -0.543 e. The summed E-state index contributed by atoms with van der Waals surface area (Å²) in [7, 11) is 1.95. The first-order valence-electron chi connectivity index (χ1n) is 8.28. The number of nitrogens with zero attached hydrogens (tertiary/aromatic N) is 2. The van der Waals surface area contributed by atoms with Crippen LogP contribution in [0.3, 0.4) is 0 Å². The second kappa shape index (κ2) is 6.46. The van der Waals surface area contributed by atoms with E-state index >= 15 is 0 Å². The highest BCUT2D eigenvalue weighted by Gasteiger charge is 2.58. The van der Waals surface area contributed by atoms with E-state index in [1.807, 2.05) is 43.9 Å². The molecule has 7 heteroatoms. The zero-order valence-electron chi connectivity index (χ0n) is 14.7. The number of carboxylic acids is 1. The number of β-lactam (4-membered cyclic amide) rings is 1. The van der Waals surface area contributed by atoms with Crippen LogP contribution in [0.15, 0.2) is 29.1 Å². The molecule has 1 fully saturated rings. The second-order valence-electron chi connectivity index (χ2n) is 6.86. The summed E-state index contributed by atoms with van der Waals surface area (Å²) < 4.78 is 1.96. The van der Waals surface area contributed by atoms with Crippen molar-refractivity contribution in [3.05, 3.63) is 40.2 Å². The van der Waals surface area contributed by atoms with Crippen LogP contribution in [-0.4, -0.2) is 34.0 Å². The standard InChI is InChI=1S/C18H22N2O4S/c1-9-7-19(4)6-5-12(9)8-25-16-10(2)14-13(11(3)21)17(22)20(14)15(16)18(23)24/h5-7,10-11,13-14,21H,8H2,1-4H3/t10-,11?,13-,14+/m1/s1. The van der Waals surface area contributed by atoms with E-state index in [1.54, 1.807) is 6.92 Å². The molecule has 25 heavy (non-hydrogen) atoms. The number of aliphatic hydroxyl groups is 1. The normalized spacial score (nSPS) is 26.5. The molecule has 1 N–H and O–H groups in total. The van der Waals surface area contributed by atoms with Crippen LogP contribution in [0.4, 0.5) is 0 Å². The van der Waals surface area contributed by atoms with Gasteiger partial charge in [-0.05, 0) is 19.4 Å². The molecule has 1 saturated heterocycles. The smallest absolute Gasteiger partial charge is 0.235 e. The number of aromatic nitrogens is 1. The highest BCUT2D eigenvalue weighted by atomic mass is 32.2. The average Bonchev–Trinajstić information content (AvgIpc) is 2.75. The van der Waals surface area contributed by atoms with E-state index < -0.39 is 18.0 Å². The van der Waals surface area contributed by atoms with Crippen LogP contribution in [0.5, 0.6) is 0 Å². The quantitative estimate of drug-likeness (QED) is 0.583. The number of carbonyl (C=O) groups excluding carboxylic acids is 2. The molecule has 3 heterocycles. The van der Waals surface area contributed by atoms with Gasteiger partial charge in [-0.25, -0.2) is 4.57 Å². The molecule has 0 bridgehead atoms. The van der Waals surface area contributed by atoms with Crippen LogP contribution in [0, 0.1) is 18.8 Å². The third kappa shape index (κ3) is 2.85. The molecule has 2 aliphatic heterocycles. The molecule has 4 atom stereocenters. The number of amides is 1. The van der Waals surface area contributed by atoms with Gasteiger partial charge in [0.05, 0.1) is 29.7 Å². The molecule has 2 aliphatic rings. The number of hydrogen-bond donors (Lipinski definition) is 1. The third-order valence-corrected chi connectivity index (χ3v) is 6.43. The molecule has 0 saturated carbocycles. The van der Waals surface area contributed by atoms with Crippen molar-refractivity contribution in [3.8, 4) is 0 Å². The lowest BCUT2D eigenvalue weighted by Gasteiger charge is -2.47. The van der Waals surface area contributed by atoms with Gasteiger partial charge in [-0.2, -0.15) is 0 Å². The molecular weight excluding hydrogens is 340 g/mol. The van der Waals surface area contributed by atoms with Gasteiger partial charge in [-0.15, -0.1) is 11.8 Å². The molecule has 134 valence electrons. The lowest BCUT2D eigenvalue weighted by atomic mass is 9.79. The monoisotopic (exact) mass is 362 g/mol. The van der Waals surface area contributed by atoms with Crippen LogP contribution in [0.2, 0.25) is 0 Å². The number of aliphatic carboxylic acids is 1. The van der Waals surface area contributed by atoms with E-state index in [0.717, 1.165) is 11.1 Å². The predicted molar refractivity (Wildman–Crippen MR) is 90.7 cm³/mol. The molecular formula is C18H22N2O4S. The number of aliphatic hydroxyl groups excluding tert-OH is 1. The van der Waals surface area contributed by atoms with Crippen LogP contribution in [0.25, 0.3) is 0 Å². The minimum absolute atomic E-state index is 0.0245. The predicted octanol–water partition coefficient (Wildman–Crippen LogP) is -0.128. The number of fused-ring (bicyclic) bond motifs is 1. The fraction of sp³-hybridized carbons (Fsp3) is 0.500. The highest BCUT2D eigenvalue weighted by Crippen LogP contribution is 2.50. The molecule has 3 rings (SSSR count). The Balaban J connectivity index is 1.86. The first-order valence-corrected chi connectivity index (χ1v) is 9.26. The van der Waals surface area contributed by atoms with Crippen molar-refractivity contribution in [2.75, 3.05) is 0 Å². The van der Waals surface area contributed by atoms with Crippen molar-refractivity contribution in [3.63, 3.8) is 0 Å². The van der Waals surface area contributed by atoms with Crippen molar-refractivity contribution in [1.82, 2.24) is 4.90 Å². The Bertz CT molecular complexity index is 774. The Morgan fingerprint density at radius 1 is 1.52 bits per heavy atom. The summed E-state index contributed by atoms with van der Waals surface area (Å²) in [6.45, 7) is 5.50. The van der Waals surface area contributed by atoms with Crippen LogP contribution in [0.1, 0.15) is 25.0 Å². The highest BCUT2D eigenvalue weighted by molar-refractivity contribution is 8.02. The molecule has 1 aromatic rings. The van der Waals surface area contributed by atoms with E-state index in [0.29, 0.717) is 10.7 Å². The molecule has 0 spiro atoms. The van der Waals surface area contributed by atoms with Gasteiger partial charge in [0.25, 0.3) is 0 Å². The first kappa shape index (κ1) is 17.9. The first-order chi connectivity index (χ1) is 11.7. The summed E-state index contributed by atoms with van der Waals surface area (Å²) in [6.07, 6.45) is 3.18. The van der Waals surface area contributed by atoms with Gasteiger partial charge in [-0.3, -0.25) is 4.79 Å². The molecule has 0 aromatic carbocycles. The topological polar surface area (TPSA) is 84.5 Å². The van der Waals surface area contributed by atoms with E-state index in [4.69, 9.17) is 0 Å². The lowest BCUT2D eigenvalue weighted by Crippen LogP contribution is -2.64. The molecule has 1 amide bonds. The number of rotatable bonds is 5. The summed E-state index contributed by atoms with van der Waals surface area (Å²) in [4.78, 5) is 25.9.